The number of halogens is 1. The van der Waals surface area contributed by atoms with Gasteiger partial charge in [0.2, 0.25) is 11.0 Å². The Morgan fingerprint density at radius 1 is 0.950 bits per heavy atom. The van der Waals surface area contributed by atoms with E-state index in [0.717, 1.165) is 5.01 Å². The highest BCUT2D eigenvalue weighted by atomic mass is 32.1. The Morgan fingerprint density at radius 2 is 1.57 bits per heavy atom. The molecule has 0 unspecified atom stereocenters. The van der Waals surface area contributed by atoms with Gasteiger partial charge in [0.05, 0.1) is 31.4 Å². The van der Waals surface area contributed by atoms with Gasteiger partial charge in [0, 0.05) is 11.3 Å². The molecule has 12 heteroatoms. The Labute approximate surface area is 234 Å². The lowest BCUT2D eigenvalue weighted by molar-refractivity contribution is -0.124. The molecule has 2 N–H and O–H groups in total. The number of carbonyl (C=O) groups excluding carboxylic acids is 4. The third kappa shape index (κ3) is 6.24. The van der Waals surface area contributed by atoms with Crippen molar-refractivity contribution >= 4 is 52.4 Å². The van der Waals surface area contributed by atoms with Crippen molar-refractivity contribution in [2.45, 2.75) is 19.4 Å². The number of esters is 1. The van der Waals surface area contributed by atoms with Gasteiger partial charge in [-0.2, -0.15) is 0 Å². The van der Waals surface area contributed by atoms with Crippen molar-refractivity contribution in [3.05, 3.63) is 89.7 Å². The van der Waals surface area contributed by atoms with Crippen LogP contribution >= 0.6 is 12.2 Å². The lowest BCUT2D eigenvalue weighted by atomic mass is 10.1. The minimum absolute atomic E-state index is 0.0738. The van der Waals surface area contributed by atoms with Crippen molar-refractivity contribution in [3.63, 3.8) is 0 Å². The summed E-state index contributed by atoms with van der Waals surface area (Å²) in [4.78, 5) is 52.7. The van der Waals surface area contributed by atoms with Gasteiger partial charge in [0.25, 0.3) is 11.8 Å². The maximum absolute atomic E-state index is 13.6. The van der Waals surface area contributed by atoms with Gasteiger partial charge in [0.1, 0.15) is 17.6 Å². The Bertz CT molecular complexity index is 1430. The van der Waals surface area contributed by atoms with Gasteiger partial charge >= 0.3 is 5.97 Å². The molecule has 1 aliphatic rings. The highest BCUT2D eigenvalue weighted by molar-refractivity contribution is 7.80. The number of hydrogen-bond acceptors (Lipinski definition) is 7. The molecular weight excluding hydrogens is 539 g/mol. The third-order valence-electron chi connectivity index (χ3n) is 5.93. The molecule has 4 rings (SSSR count). The number of ether oxygens (including phenoxy) is 2. The molecule has 0 saturated carbocycles. The Kier molecular flexibility index (Phi) is 8.70. The molecule has 0 spiro atoms. The summed E-state index contributed by atoms with van der Waals surface area (Å²) < 4.78 is 23.4. The molecular formula is C28H25FN4O6S. The number of amides is 3. The second-order valence-electron chi connectivity index (χ2n) is 8.54. The topological polar surface area (TPSA) is 117 Å². The highest BCUT2D eigenvalue weighted by Crippen LogP contribution is 2.27. The van der Waals surface area contributed by atoms with Gasteiger partial charge in [-0.25, -0.2) is 14.2 Å². The van der Waals surface area contributed by atoms with Crippen LogP contribution in [-0.4, -0.2) is 53.6 Å². The van der Waals surface area contributed by atoms with Crippen molar-refractivity contribution in [2.24, 2.45) is 0 Å². The van der Waals surface area contributed by atoms with Crippen LogP contribution in [0.3, 0.4) is 0 Å². The predicted molar refractivity (Wildman–Crippen MR) is 148 cm³/mol. The van der Waals surface area contributed by atoms with Crippen molar-refractivity contribution in [2.75, 3.05) is 23.9 Å². The molecule has 1 saturated heterocycles. The molecule has 206 valence electrons. The first-order valence-corrected chi connectivity index (χ1v) is 12.6. The zero-order valence-corrected chi connectivity index (χ0v) is 22.4. The van der Waals surface area contributed by atoms with Crippen LogP contribution in [0.4, 0.5) is 15.8 Å². The van der Waals surface area contributed by atoms with Gasteiger partial charge in [-0.15, -0.1) is 0 Å². The summed E-state index contributed by atoms with van der Waals surface area (Å²) in [6.45, 7) is 1.90. The SMILES string of the molecule is CCOC(=O)c1ccc(N2C(=O)[C@H](CC(=O)Nc3ccc(F)cc3)N(NC(=O)c3ccc(OC)cc3)C2=S)cc1. The van der Waals surface area contributed by atoms with Gasteiger partial charge in [-0.05, 0) is 91.9 Å². The zero-order valence-electron chi connectivity index (χ0n) is 21.5. The number of nitrogens with zero attached hydrogens (tertiary/aromatic N) is 2. The minimum Gasteiger partial charge on any atom is -0.497 e. The highest BCUT2D eigenvalue weighted by Gasteiger charge is 2.45. The molecule has 10 nitrogen and oxygen atoms in total. The molecule has 1 heterocycles. The summed E-state index contributed by atoms with van der Waals surface area (Å²) in [5.41, 5.74) is 3.84. The minimum atomic E-state index is -1.19. The first-order valence-electron chi connectivity index (χ1n) is 12.2. The first kappa shape index (κ1) is 28.2. The normalized spacial score (nSPS) is 14.6. The number of rotatable bonds is 9. The van der Waals surface area contributed by atoms with Crippen LogP contribution in [0.5, 0.6) is 5.75 Å². The molecule has 40 heavy (non-hydrogen) atoms. The van der Waals surface area contributed by atoms with Gasteiger partial charge in [-0.3, -0.25) is 24.7 Å². The van der Waals surface area contributed by atoms with Crippen LogP contribution in [0.1, 0.15) is 34.1 Å². The van der Waals surface area contributed by atoms with E-state index in [1.807, 2.05) is 0 Å². The van der Waals surface area contributed by atoms with E-state index in [9.17, 15) is 23.6 Å². The second kappa shape index (κ2) is 12.3. The maximum atomic E-state index is 13.6. The van der Waals surface area contributed by atoms with E-state index in [2.05, 4.69) is 10.7 Å². The van der Waals surface area contributed by atoms with Crippen molar-refractivity contribution in [1.82, 2.24) is 10.4 Å². The van der Waals surface area contributed by atoms with E-state index >= 15 is 0 Å². The number of methoxy groups -OCH3 is 1. The molecule has 1 fully saturated rings. The van der Waals surface area contributed by atoms with E-state index in [1.165, 1.54) is 72.7 Å². The number of hydrogen-bond donors (Lipinski definition) is 2. The van der Waals surface area contributed by atoms with Crippen LogP contribution in [0.15, 0.2) is 72.8 Å². The Balaban J connectivity index is 1.59. The van der Waals surface area contributed by atoms with Crippen LogP contribution in [0.2, 0.25) is 0 Å². The molecule has 1 atom stereocenters. The van der Waals surface area contributed by atoms with E-state index < -0.39 is 35.5 Å². The summed E-state index contributed by atoms with van der Waals surface area (Å²) in [7, 11) is 1.50. The average molecular weight is 565 g/mol. The monoisotopic (exact) mass is 564 g/mol. The molecule has 0 aromatic heterocycles. The van der Waals surface area contributed by atoms with Gasteiger partial charge in [0.15, 0.2) is 0 Å². The molecule has 1 aliphatic heterocycles. The summed E-state index contributed by atoms with van der Waals surface area (Å²) in [6, 6.07) is 16.2. The number of carbonyl (C=O) groups is 4. The summed E-state index contributed by atoms with van der Waals surface area (Å²) in [6.07, 6.45) is -0.378. The Hall–Kier alpha value is -4.84. The van der Waals surface area contributed by atoms with Crippen molar-refractivity contribution in [1.29, 1.82) is 0 Å². The first-order chi connectivity index (χ1) is 19.2. The number of hydrazine groups is 1. The van der Waals surface area contributed by atoms with Gasteiger partial charge < -0.3 is 14.8 Å². The summed E-state index contributed by atoms with van der Waals surface area (Å²) in [5, 5.41) is 3.70. The van der Waals surface area contributed by atoms with Crippen molar-refractivity contribution in [3.8, 4) is 5.75 Å². The fourth-order valence-corrected chi connectivity index (χ4v) is 4.30. The smallest absolute Gasteiger partial charge is 0.338 e. The van der Waals surface area contributed by atoms with Gasteiger partial charge in [-0.1, -0.05) is 0 Å². The largest absolute Gasteiger partial charge is 0.497 e. The Morgan fingerprint density at radius 3 is 2.17 bits per heavy atom. The zero-order chi connectivity index (χ0) is 28.8. The third-order valence-corrected chi connectivity index (χ3v) is 6.31. The standard InChI is InChI=1S/C28H25FN4O6S/c1-3-39-27(37)18-4-12-21(13-5-18)32-26(36)23(16-24(34)30-20-10-8-19(29)9-11-20)33(28(32)40)31-25(35)17-6-14-22(38-2)15-7-17/h4-15,23H,3,16H2,1-2H3,(H,30,34)(H,31,35)/t23-/m0/s1. The number of nitrogens with one attached hydrogen (secondary N) is 2. The summed E-state index contributed by atoms with van der Waals surface area (Å²) >= 11 is 5.56. The fraction of sp³-hybridized carbons (Fsp3) is 0.179. The molecule has 3 aromatic rings. The fourth-order valence-electron chi connectivity index (χ4n) is 3.93. The lowest BCUT2D eigenvalue weighted by Gasteiger charge is -2.24. The van der Waals surface area contributed by atoms with Crippen LogP contribution in [0.25, 0.3) is 0 Å². The van der Waals surface area contributed by atoms with E-state index in [0.29, 0.717) is 17.1 Å². The summed E-state index contributed by atoms with van der Waals surface area (Å²) in [5.74, 6) is -2.13. The average Bonchev–Trinajstić information content (AvgIpc) is 3.18. The quantitative estimate of drug-likeness (QED) is 0.299. The maximum Gasteiger partial charge on any atom is 0.338 e. The lowest BCUT2D eigenvalue weighted by Crippen LogP contribution is -2.49. The molecule has 0 bridgehead atoms. The van der Waals surface area contributed by atoms with E-state index in [-0.39, 0.29) is 29.3 Å². The molecule has 0 aliphatic carbocycles. The van der Waals surface area contributed by atoms with E-state index in [1.54, 1.807) is 19.1 Å². The predicted octanol–water partition coefficient (Wildman–Crippen LogP) is 3.69. The van der Waals surface area contributed by atoms with Crippen LogP contribution < -0.4 is 20.4 Å². The molecule has 3 amide bonds. The number of anilines is 2. The van der Waals surface area contributed by atoms with Crippen molar-refractivity contribution < 1.29 is 33.0 Å². The van der Waals surface area contributed by atoms with Crippen LogP contribution in [-0.2, 0) is 14.3 Å². The molecule has 0 radical (unpaired) electrons. The number of thiocarbonyl (C=S) groups is 1. The molecule has 3 aromatic carbocycles. The van der Waals surface area contributed by atoms with E-state index in [4.69, 9.17) is 21.7 Å². The van der Waals surface area contributed by atoms with Crippen LogP contribution in [0, 0.1) is 5.82 Å². The second-order valence-corrected chi connectivity index (χ2v) is 8.90. The number of benzene rings is 3.